The summed E-state index contributed by atoms with van der Waals surface area (Å²) in [5.74, 6) is 0.326. The Kier molecular flexibility index (Phi) is 9.38. The van der Waals surface area contributed by atoms with E-state index in [1.54, 1.807) is 4.90 Å². The fourth-order valence-corrected chi connectivity index (χ4v) is 6.01. The van der Waals surface area contributed by atoms with E-state index in [1.807, 2.05) is 23.9 Å². The van der Waals surface area contributed by atoms with Crippen LogP contribution in [0.4, 0.5) is 0 Å². The summed E-state index contributed by atoms with van der Waals surface area (Å²) in [6.07, 6.45) is 6.87. The number of benzene rings is 1. The molecule has 0 aliphatic carbocycles. The van der Waals surface area contributed by atoms with Gasteiger partial charge in [-0.15, -0.1) is 11.8 Å². The summed E-state index contributed by atoms with van der Waals surface area (Å²) in [4.78, 5) is 42.0. The van der Waals surface area contributed by atoms with Crippen LogP contribution in [0.25, 0.3) is 0 Å². The maximum Gasteiger partial charge on any atom is 0.255 e. The molecule has 1 fully saturated rings. The van der Waals surface area contributed by atoms with Crippen molar-refractivity contribution in [2.24, 2.45) is 0 Å². The smallest absolute Gasteiger partial charge is 0.255 e. The van der Waals surface area contributed by atoms with Gasteiger partial charge in [0, 0.05) is 35.5 Å². The maximum atomic E-state index is 12.9. The monoisotopic (exact) mass is 473 g/mol. The Hall–Kier alpha value is -1.86. The lowest BCUT2D eigenvalue weighted by molar-refractivity contribution is -0.136. The van der Waals surface area contributed by atoms with Crippen LogP contribution in [0, 0.1) is 0 Å². The molecule has 0 bridgehead atoms. The number of imide groups is 1. The second kappa shape index (κ2) is 12.0. The first-order chi connectivity index (χ1) is 15.8. The summed E-state index contributed by atoms with van der Waals surface area (Å²) in [5, 5.41) is 2.37. The molecule has 1 atom stereocenters. The van der Waals surface area contributed by atoms with Gasteiger partial charge < -0.3 is 4.90 Å². The van der Waals surface area contributed by atoms with Crippen LogP contribution < -0.4 is 5.32 Å². The number of thioether (sulfide) groups is 1. The molecule has 0 saturated carbocycles. The van der Waals surface area contributed by atoms with E-state index < -0.39 is 6.04 Å². The highest BCUT2D eigenvalue weighted by atomic mass is 32.2. The van der Waals surface area contributed by atoms with E-state index in [-0.39, 0.29) is 24.1 Å². The molecule has 1 N–H and O–H groups in total. The van der Waals surface area contributed by atoms with Gasteiger partial charge >= 0.3 is 0 Å². The minimum atomic E-state index is -0.553. The van der Waals surface area contributed by atoms with E-state index in [1.165, 1.54) is 32.2 Å². The normalized spacial score (nSPS) is 18.6. The molecule has 0 spiro atoms. The number of nitrogens with zero attached hydrogens (tertiary/aromatic N) is 2. The number of fused-ring (bicyclic) bond motifs is 1. The molecule has 1 unspecified atom stereocenters. The van der Waals surface area contributed by atoms with Crippen LogP contribution in [-0.2, 0) is 16.1 Å². The Labute approximate surface area is 202 Å². The zero-order valence-corrected chi connectivity index (χ0v) is 21.4. The highest BCUT2D eigenvalue weighted by Gasteiger charge is 2.39. The van der Waals surface area contributed by atoms with Gasteiger partial charge in [0.1, 0.15) is 6.04 Å². The lowest BCUT2D eigenvalue weighted by atomic mass is 10.0. The van der Waals surface area contributed by atoms with Crippen LogP contribution in [0.2, 0.25) is 0 Å². The first-order valence-corrected chi connectivity index (χ1v) is 13.4. The zero-order chi connectivity index (χ0) is 24.0. The van der Waals surface area contributed by atoms with Gasteiger partial charge in [-0.25, -0.2) is 0 Å². The molecule has 2 heterocycles. The average molecular weight is 474 g/mol. The Morgan fingerprint density at radius 2 is 1.73 bits per heavy atom. The molecule has 1 aromatic carbocycles. The standard InChI is InChI=1S/C26H39N3O3S/c1-18(2)28(19(3)4)15-8-6-5-7-9-16-33-23-12-10-11-20-21(23)17-29(26(20)32)22-13-14-24(30)27-25(22)31/h10-12,18-19,22H,5-9,13-17H2,1-4H3,(H,27,30,31). The van der Waals surface area contributed by atoms with Gasteiger partial charge in [0.05, 0.1) is 0 Å². The SMILES string of the molecule is CC(C)N(CCCCCCCSc1cccc2c1CN(C1CCC(=O)NC1=O)C2=O)C(C)C. The molecule has 3 amide bonds. The molecule has 1 aromatic rings. The van der Waals surface area contributed by atoms with Gasteiger partial charge in [-0.05, 0) is 77.0 Å². The summed E-state index contributed by atoms with van der Waals surface area (Å²) in [6, 6.07) is 6.52. The van der Waals surface area contributed by atoms with Crippen LogP contribution in [0.15, 0.2) is 23.1 Å². The third kappa shape index (κ3) is 6.60. The molecular weight excluding hydrogens is 434 g/mol. The number of piperidine rings is 1. The predicted octanol–water partition coefficient (Wildman–Crippen LogP) is 4.61. The predicted molar refractivity (Wildman–Crippen MR) is 133 cm³/mol. The van der Waals surface area contributed by atoms with Crippen molar-refractivity contribution in [3.05, 3.63) is 29.3 Å². The molecule has 33 heavy (non-hydrogen) atoms. The van der Waals surface area contributed by atoms with Crippen molar-refractivity contribution in [3.8, 4) is 0 Å². The minimum absolute atomic E-state index is 0.0983. The minimum Gasteiger partial charge on any atom is -0.322 e. The van der Waals surface area contributed by atoms with Crippen molar-refractivity contribution in [3.63, 3.8) is 0 Å². The highest BCUT2D eigenvalue weighted by Crippen LogP contribution is 2.34. The molecule has 2 aliphatic rings. The van der Waals surface area contributed by atoms with Crippen LogP contribution in [0.5, 0.6) is 0 Å². The Bertz CT molecular complexity index is 847. The summed E-state index contributed by atoms with van der Waals surface area (Å²) in [6.45, 7) is 10.7. The van der Waals surface area contributed by atoms with Gasteiger partial charge in [0.2, 0.25) is 11.8 Å². The fraction of sp³-hybridized carbons (Fsp3) is 0.654. The maximum absolute atomic E-state index is 12.9. The van der Waals surface area contributed by atoms with Crippen LogP contribution >= 0.6 is 11.8 Å². The second-order valence-electron chi connectivity index (χ2n) is 9.72. The molecule has 6 nitrogen and oxygen atoms in total. The Balaban J connectivity index is 1.42. The summed E-state index contributed by atoms with van der Waals surface area (Å²) < 4.78 is 0. The van der Waals surface area contributed by atoms with E-state index in [9.17, 15) is 14.4 Å². The quantitative estimate of drug-likeness (QED) is 0.273. The molecule has 182 valence electrons. The number of carbonyl (C=O) groups excluding carboxylic acids is 3. The van der Waals surface area contributed by atoms with Crippen molar-refractivity contribution in [1.82, 2.24) is 15.1 Å². The lowest BCUT2D eigenvalue weighted by Gasteiger charge is -2.30. The Morgan fingerprint density at radius 3 is 2.42 bits per heavy atom. The van der Waals surface area contributed by atoms with Gasteiger partial charge in [-0.2, -0.15) is 0 Å². The third-order valence-corrected chi connectivity index (χ3v) is 7.87. The van der Waals surface area contributed by atoms with Crippen LogP contribution in [0.1, 0.15) is 88.6 Å². The van der Waals surface area contributed by atoms with Crippen molar-refractivity contribution in [1.29, 1.82) is 0 Å². The topological polar surface area (TPSA) is 69.7 Å². The fourth-order valence-electron chi connectivity index (χ4n) is 4.91. The highest BCUT2D eigenvalue weighted by molar-refractivity contribution is 7.99. The first kappa shape index (κ1) is 25.8. The van der Waals surface area contributed by atoms with Gasteiger partial charge in [-0.3, -0.25) is 24.6 Å². The number of hydrogen-bond acceptors (Lipinski definition) is 5. The number of nitrogens with one attached hydrogen (secondary N) is 1. The number of unbranched alkanes of at least 4 members (excludes halogenated alkanes) is 4. The molecule has 3 rings (SSSR count). The zero-order valence-electron chi connectivity index (χ0n) is 20.6. The van der Waals surface area contributed by atoms with Gasteiger partial charge in [-0.1, -0.05) is 25.3 Å². The Morgan fingerprint density at radius 1 is 1.03 bits per heavy atom. The summed E-state index contributed by atoms with van der Waals surface area (Å²) in [5.41, 5.74) is 1.73. The van der Waals surface area contributed by atoms with Gasteiger partial charge in [0.25, 0.3) is 5.91 Å². The average Bonchev–Trinajstić information content (AvgIpc) is 3.09. The van der Waals surface area contributed by atoms with E-state index in [0.29, 0.717) is 30.6 Å². The van der Waals surface area contributed by atoms with Crippen molar-refractivity contribution >= 4 is 29.5 Å². The second-order valence-corrected chi connectivity index (χ2v) is 10.9. The number of rotatable bonds is 12. The van der Waals surface area contributed by atoms with E-state index >= 15 is 0 Å². The van der Waals surface area contributed by atoms with E-state index in [4.69, 9.17) is 0 Å². The van der Waals surface area contributed by atoms with E-state index in [0.717, 1.165) is 22.6 Å². The van der Waals surface area contributed by atoms with Crippen LogP contribution in [-0.4, -0.2) is 57.9 Å². The largest absolute Gasteiger partial charge is 0.322 e. The first-order valence-electron chi connectivity index (χ1n) is 12.4. The number of amides is 3. The molecule has 2 aliphatic heterocycles. The van der Waals surface area contributed by atoms with Crippen LogP contribution in [0.3, 0.4) is 0 Å². The molecular formula is C26H39N3O3S. The molecule has 1 saturated heterocycles. The third-order valence-electron chi connectivity index (χ3n) is 6.68. The number of hydrogen-bond donors (Lipinski definition) is 1. The van der Waals surface area contributed by atoms with E-state index in [2.05, 4.69) is 44.0 Å². The summed E-state index contributed by atoms with van der Waals surface area (Å²) >= 11 is 1.81. The van der Waals surface area contributed by atoms with Crippen molar-refractivity contribution < 1.29 is 14.4 Å². The summed E-state index contributed by atoms with van der Waals surface area (Å²) in [7, 11) is 0. The van der Waals surface area contributed by atoms with Crippen molar-refractivity contribution in [2.45, 2.75) is 102 Å². The number of carbonyl (C=O) groups is 3. The van der Waals surface area contributed by atoms with Crippen molar-refractivity contribution in [2.75, 3.05) is 12.3 Å². The molecule has 7 heteroatoms. The van der Waals surface area contributed by atoms with Gasteiger partial charge in [0.15, 0.2) is 0 Å². The lowest BCUT2D eigenvalue weighted by Crippen LogP contribution is -2.52. The molecule has 0 aromatic heterocycles. The molecule has 0 radical (unpaired) electrons.